The highest BCUT2D eigenvalue weighted by Crippen LogP contribution is 2.25. The van der Waals surface area contributed by atoms with Crippen molar-refractivity contribution in [3.05, 3.63) is 33.8 Å². The Hall–Kier alpha value is -0.870. The molecule has 3 nitrogen and oxygen atoms in total. The maximum Gasteiger partial charge on any atom is 0.254 e. The number of nitrogens with zero attached hydrogens (tertiary/aromatic N) is 1. The summed E-state index contributed by atoms with van der Waals surface area (Å²) in [5.41, 5.74) is 0.930. The predicted molar refractivity (Wildman–Crippen MR) is 65.4 cm³/mol. The van der Waals surface area contributed by atoms with Crippen molar-refractivity contribution in [2.75, 3.05) is 13.1 Å². The largest absolute Gasteiger partial charge is 0.386 e. The van der Waals surface area contributed by atoms with Crippen LogP contribution in [0.3, 0.4) is 0 Å². The summed E-state index contributed by atoms with van der Waals surface area (Å²) in [5.74, 6) is -0.00896. The Morgan fingerprint density at radius 3 is 2.69 bits per heavy atom. The van der Waals surface area contributed by atoms with E-state index in [1.165, 1.54) is 0 Å². The molecule has 0 unspecified atom stereocenters. The molecule has 0 saturated carbocycles. The first-order valence-electron chi connectivity index (χ1n) is 5.17. The zero-order chi connectivity index (χ0) is 11.9. The second-order valence-corrected chi connectivity index (χ2v) is 5.42. The Kier molecular flexibility index (Phi) is 2.80. The van der Waals surface area contributed by atoms with Gasteiger partial charge in [-0.25, -0.2) is 0 Å². The summed E-state index contributed by atoms with van der Waals surface area (Å²) in [6.45, 7) is 4.48. The minimum Gasteiger partial charge on any atom is -0.386 e. The molecule has 1 N–H and O–H groups in total. The van der Waals surface area contributed by atoms with E-state index in [4.69, 9.17) is 0 Å². The van der Waals surface area contributed by atoms with Gasteiger partial charge in [0.2, 0.25) is 0 Å². The Bertz CT molecular complexity index is 435. The van der Waals surface area contributed by atoms with Crippen LogP contribution in [0.5, 0.6) is 0 Å². The molecule has 1 amide bonds. The predicted octanol–water partition coefficient (Wildman–Crippen LogP) is 1.96. The van der Waals surface area contributed by atoms with Crippen LogP contribution >= 0.6 is 15.9 Å². The van der Waals surface area contributed by atoms with E-state index < -0.39 is 5.60 Å². The van der Waals surface area contributed by atoms with Crippen molar-refractivity contribution in [2.24, 2.45) is 0 Å². The van der Waals surface area contributed by atoms with Gasteiger partial charge in [-0.05, 0) is 31.5 Å². The van der Waals surface area contributed by atoms with Crippen LogP contribution in [0.25, 0.3) is 0 Å². The summed E-state index contributed by atoms with van der Waals surface area (Å²) < 4.78 is 0.936. The number of carbonyl (C=O) groups excluding carboxylic acids is 1. The highest BCUT2D eigenvalue weighted by Gasteiger charge is 2.39. The first-order chi connectivity index (χ1) is 7.41. The van der Waals surface area contributed by atoms with Gasteiger partial charge in [0.25, 0.3) is 5.91 Å². The average molecular weight is 284 g/mol. The van der Waals surface area contributed by atoms with E-state index >= 15 is 0 Å². The van der Waals surface area contributed by atoms with Gasteiger partial charge < -0.3 is 10.0 Å². The first-order valence-corrected chi connectivity index (χ1v) is 5.97. The molecule has 4 heteroatoms. The summed E-state index contributed by atoms with van der Waals surface area (Å²) in [5, 5.41) is 9.60. The van der Waals surface area contributed by atoms with Crippen LogP contribution in [0.4, 0.5) is 0 Å². The van der Waals surface area contributed by atoms with Crippen LogP contribution in [0, 0.1) is 6.92 Å². The van der Waals surface area contributed by atoms with Crippen molar-refractivity contribution >= 4 is 21.8 Å². The van der Waals surface area contributed by atoms with Crippen LogP contribution in [0.2, 0.25) is 0 Å². The van der Waals surface area contributed by atoms with E-state index in [0.29, 0.717) is 18.7 Å². The number of halogens is 1. The third-order valence-corrected chi connectivity index (χ3v) is 3.71. The molecule has 1 aliphatic rings. The van der Waals surface area contributed by atoms with Gasteiger partial charge in [-0.3, -0.25) is 4.79 Å². The van der Waals surface area contributed by atoms with Crippen LogP contribution in [-0.4, -0.2) is 34.6 Å². The third-order valence-electron chi connectivity index (χ3n) is 2.85. The highest BCUT2D eigenvalue weighted by atomic mass is 79.9. The van der Waals surface area contributed by atoms with Crippen LogP contribution < -0.4 is 0 Å². The van der Waals surface area contributed by atoms with Gasteiger partial charge in [0.15, 0.2) is 0 Å². The van der Waals surface area contributed by atoms with Gasteiger partial charge in [-0.1, -0.05) is 22.0 Å². The summed E-state index contributed by atoms with van der Waals surface area (Å²) in [4.78, 5) is 13.7. The van der Waals surface area contributed by atoms with Gasteiger partial charge in [-0.15, -0.1) is 0 Å². The molecular formula is C12H14BrNO2. The third kappa shape index (κ3) is 1.99. The monoisotopic (exact) mass is 283 g/mol. The van der Waals surface area contributed by atoms with Crippen molar-refractivity contribution in [3.8, 4) is 0 Å². The van der Waals surface area contributed by atoms with E-state index in [-0.39, 0.29) is 5.91 Å². The molecule has 0 aromatic heterocycles. The minimum absolute atomic E-state index is 0.00896. The number of hydrogen-bond donors (Lipinski definition) is 1. The fourth-order valence-corrected chi connectivity index (χ4v) is 2.30. The van der Waals surface area contributed by atoms with Gasteiger partial charge in [0.05, 0.1) is 18.7 Å². The number of carbonyl (C=O) groups is 1. The summed E-state index contributed by atoms with van der Waals surface area (Å²) >= 11 is 3.41. The smallest absolute Gasteiger partial charge is 0.254 e. The van der Waals surface area contributed by atoms with Crippen molar-refractivity contribution < 1.29 is 9.90 Å². The Balaban J connectivity index is 2.20. The van der Waals surface area contributed by atoms with Crippen molar-refractivity contribution in [1.82, 2.24) is 4.90 Å². The lowest BCUT2D eigenvalue weighted by Gasteiger charge is -2.44. The summed E-state index contributed by atoms with van der Waals surface area (Å²) in [7, 11) is 0. The molecule has 1 aromatic rings. The standard InChI is InChI=1S/C12H14BrNO2/c1-8-9(4-3-5-10(8)13)11(15)14-6-12(2,16)7-14/h3-5,16H,6-7H2,1-2H3. The molecule has 1 aliphatic heterocycles. The Labute approximate surface area is 103 Å². The van der Waals surface area contributed by atoms with Gasteiger partial charge >= 0.3 is 0 Å². The van der Waals surface area contributed by atoms with E-state index in [1.807, 2.05) is 25.1 Å². The number of benzene rings is 1. The molecule has 0 spiro atoms. The minimum atomic E-state index is -0.713. The molecule has 0 aliphatic carbocycles. The second-order valence-electron chi connectivity index (χ2n) is 4.57. The second kappa shape index (κ2) is 3.86. The maximum absolute atomic E-state index is 12.1. The number of aliphatic hydroxyl groups is 1. The lowest BCUT2D eigenvalue weighted by Crippen LogP contribution is -2.61. The molecule has 1 saturated heterocycles. The molecular weight excluding hydrogens is 270 g/mol. The van der Waals surface area contributed by atoms with Crippen LogP contribution in [0.1, 0.15) is 22.8 Å². The Morgan fingerprint density at radius 1 is 1.50 bits per heavy atom. The summed E-state index contributed by atoms with van der Waals surface area (Å²) in [6.07, 6.45) is 0. The Morgan fingerprint density at radius 2 is 2.12 bits per heavy atom. The van der Waals surface area contributed by atoms with Crippen LogP contribution in [-0.2, 0) is 0 Å². The van der Waals surface area contributed by atoms with Crippen LogP contribution in [0.15, 0.2) is 22.7 Å². The van der Waals surface area contributed by atoms with Gasteiger partial charge in [0, 0.05) is 10.0 Å². The van der Waals surface area contributed by atoms with Gasteiger partial charge in [0.1, 0.15) is 0 Å². The van der Waals surface area contributed by atoms with E-state index in [2.05, 4.69) is 15.9 Å². The van der Waals surface area contributed by atoms with Crippen molar-refractivity contribution in [3.63, 3.8) is 0 Å². The van der Waals surface area contributed by atoms with E-state index in [9.17, 15) is 9.90 Å². The molecule has 1 aromatic carbocycles. The molecule has 0 atom stereocenters. The zero-order valence-electron chi connectivity index (χ0n) is 9.33. The SMILES string of the molecule is Cc1c(Br)cccc1C(=O)N1CC(C)(O)C1. The van der Waals surface area contributed by atoms with Crippen molar-refractivity contribution in [1.29, 1.82) is 0 Å². The maximum atomic E-state index is 12.1. The molecule has 0 radical (unpaired) electrons. The molecule has 0 bridgehead atoms. The average Bonchev–Trinajstić information content (AvgIpc) is 2.17. The number of hydrogen-bond acceptors (Lipinski definition) is 2. The number of rotatable bonds is 1. The molecule has 16 heavy (non-hydrogen) atoms. The quantitative estimate of drug-likeness (QED) is 0.856. The number of β-amino-alcohol motifs (C(OH)–C–C–N with tert-alkyl or cyclic N) is 1. The molecule has 1 fully saturated rings. The number of likely N-dealkylation sites (tertiary alicyclic amines) is 1. The van der Waals surface area contributed by atoms with E-state index in [1.54, 1.807) is 11.8 Å². The fraction of sp³-hybridized carbons (Fsp3) is 0.417. The lowest BCUT2D eigenvalue weighted by atomic mass is 9.95. The molecule has 1 heterocycles. The topological polar surface area (TPSA) is 40.5 Å². The summed E-state index contributed by atoms with van der Waals surface area (Å²) in [6, 6.07) is 5.58. The zero-order valence-corrected chi connectivity index (χ0v) is 10.9. The van der Waals surface area contributed by atoms with Gasteiger partial charge in [-0.2, -0.15) is 0 Å². The molecule has 86 valence electrons. The molecule has 2 rings (SSSR count). The first kappa shape index (κ1) is 11.6. The van der Waals surface area contributed by atoms with E-state index in [0.717, 1.165) is 10.0 Å². The number of amides is 1. The normalized spacial score (nSPS) is 18.1. The fourth-order valence-electron chi connectivity index (χ4n) is 1.93. The highest BCUT2D eigenvalue weighted by molar-refractivity contribution is 9.10. The lowest BCUT2D eigenvalue weighted by molar-refractivity contribution is -0.0669. The van der Waals surface area contributed by atoms with Crippen molar-refractivity contribution in [2.45, 2.75) is 19.4 Å².